The van der Waals surface area contributed by atoms with E-state index < -0.39 is 32.8 Å². The lowest BCUT2D eigenvalue weighted by atomic mass is 9.77. The van der Waals surface area contributed by atoms with Gasteiger partial charge in [0, 0.05) is 30.8 Å². The number of hydrogen-bond donors (Lipinski definition) is 1. The summed E-state index contributed by atoms with van der Waals surface area (Å²) in [6, 6.07) is 45.7. The molecule has 58 heavy (non-hydrogen) atoms. The van der Waals surface area contributed by atoms with Crippen LogP contribution < -0.4 is 9.62 Å². The number of carbonyl (C=O) groups is 1. The quantitative estimate of drug-likeness (QED) is 0.121. The predicted molar refractivity (Wildman–Crippen MR) is 226 cm³/mol. The first-order valence-electron chi connectivity index (χ1n) is 18.9. The van der Waals surface area contributed by atoms with Crippen LogP contribution in [-0.4, -0.2) is 53.2 Å². The Balaban J connectivity index is 1.36. The van der Waals surface area contributed by atoms with Crippen LogP contribution in [0.5, 0.6) is 0 Å². The number of amides is 1. The maximum absolute atomic E-state index is 13.2. The fourth-order valence-electron chi connectivity index (χ4n) is 7.17. The van der Waals surface area contributed by atoms with E-state index >= 15 is 0 Å². The molecule has 7 aromatic rings. The molecule has 0 aliphatic heterocycles. The molecule has 5 aromatic carbocycles. The lowest BCUT2D eigenvalue weighted by Gasteiger charge is -2.37. The van der Waals surface area contributed by atoms with Crippen molar-refractivity contribution in [1.82, 2.24) is 25.1 Å². The maximum atomic E-state index is 13.2. The summed E-state index contributed by atoms with van der Waals surface area (Å²) < 4.78 is 41.2. The van der Waals surface area contributed by atoms with Crippen LogP contribution in [0.2, 0.25) is 0 Å². The Morgan fingerprint density at radius 3 is 1.79 bits per heavy atom. The fourth-order valence-corrected chi connectivity index (χ4v) is 7.65. The number of alkyl carbamates (subject to hydrolysis) is 1. The van der Waals surface area contributed by atoms with Gasteiger partial charge in [-0.05, 0) is 68.1 Å². The van der Waals surface area contributed by atoms with E-state index in [0.29, 0.717) is 28.9 Å². The number of benzene rings is 5. The van der Waals surface area contributed by atoms with Gasteiger partial charge in [0.1, 0.15) is 16.7 Å². The number of aromatic nitrogens is 4. The molecule has 0 bridgehead atoms. The number of sulfonamides is 1. The minimum absolute atomic E-state index is 0.122. The monoisotopic (exact) mass is 794 g/mol. The number of hydrogen-bond acceptors (Lipinski definition) is 8. The first kappa shape index (κ1) is 39.7. The van der Waals surface area contributed by atoms with E-state index in [-0.39, 0.29) is 11.8 Å². The Morgan fingerprint density at radius 2 is 1.28 bits per heavy atom. The van der Waals surface area contributed by atoms with Crippen molar-refractivity contribution in [3.8, 4) is 22.7 Å². The Labute approximate surface area is 339 Å². The second-order valence-electron chi connectivity index (χ2n) is 15.5. The molecule has 2 aromatic heterocycles. The number of imidazole rings is 1. The van der Waals surface area contributed by atoms with Crippen molar-refractivity contribution in [3.63, 3.8) is 0 Å². The van der Waals surface area contributed by atoms with Gasteiger partial charge in [-0.25, -0.2) is 18.2 Å². The summed E-state index contributed by atoms with van der Waals surface area (Å²) in [5.74, 6) is 0.264. The molecule has 296 valence electrons. The predicted octanol–water partition coefficient (Wildman–Crippen LogP) is 8.82. The Morgan fingerprint density at radius 1 is 0.759 bits per heavy atom. The number of anilines is 1. The van der Waals surface area contributed by atoms with Crippen molar-refractivity contribution in [3.05, 3.63) is 180 Å². The van der Waals surface area contributed by atoms with Gasteiger partial charge in [0.25, 0.3) is 0 Å². The summed E-state index contributed by atoms with van der Waals surface area (Å²) in [5.41, 5.74) is 3.29. The van der Waals surface area contributed by atoms with E-state index in [1.807, 2.05) is 97.2 Å². The number of ether oxygens (including phenoxy) is 1. The molecule has 0 fully saturated rings. The van der Waals surface area contributed by atoms with Crippen LogP contribution in [0.3, 0.4) is 0 Å². The van der Waals surface area contributed by atoms with Gasteiger partial charge in [0.15, 0.2) is 0 Å². The molecule has 1 amide bonds. The molecule has 7 rings (SSSR count). The van der Waals surface area contributed by atoms with Crippen LogP contribution in [-0.2, 0) is 32.3 Å². The molecule has 0 aliphatic carbocycles. The molecular formula is C46H46N6O5S. The summed E-state index contributed by atoms with van der Waals surface area (Å²) in [6.07, 6.45) is 4.59. The summed E-state index contributed by atoms with van der Waals surface area (Å²) in [7, 11) is -2.19. The van der Waals surface area contributed by atoms with Crippen molar-refractivity contribution < 1.29 is 22.4 Å². The maximum Gasteiger partial charge on any atom is 0.408 e. The smallest absolute Gasteiger partial charge is 0.408 e. The minimum Gasteiger partial charge on any atom is -0.444 e. The number of carbonyl (C=O) groups excluding carboxylic acids is 1. The standard InChI is InChI=1S/C46H46N6O5S/c1-44(2,3)57-43(53)48-45(4,30-33-19-11-7-12-20-33)42-50-49-41(56-42)35-27-34(28-39(29-35)51(5)58(6,54)55)40-31-52(32-47-40)46(36-21-13-8-14-22-36,37-23-15-9-16-24-37)38-25-17-10-18-26-38/h7-29,31-32H,30H2,1-6H3,(H,48,53). The Bertz CT molecular complexity index is 2510. The third-order valence-electron chi connectivity index (χ3n) is 9.94. The van der Waals surface area contributed by atoms with Gasteiger partial charge in [0.2, 0.25) is 21.8 Å². The highest BCUT2D eigenvalue weighted by Gasteiger charge is 2.39. The molecule has 2 heterocycles. The van der Waals surface area contributed by atoms with Crippen molar-refractivity contribution in [2.45, 2.75) is 50.8 Å². The van der Waals surface area contributed by atoms with E-state index in [1.165, 1.54) is 11.4 Å². The highest BCUT2D eigenvalue weighted by molar-refractivity contribution is 7.92. The molecule has 12 heteroatoms. The molecule has 0 saturated carbocycles. The lowest BCUT2D eigenvalue weighted by Crippen LogP contribution is -2.47. The molecule has 1 unspecified atom stereocenters. The van der Waals surface area contributed by atoms with Crippen molar-refractivity contribution >= 4 is 21.8 Å². The van der Waals surface area contributed by atoms with Gasteiger partial charge in [-0.3, -0.25) is 4.31 Å². The average molecular weight is 795 g/mol. The second kappa shape index (κ2) is 15.8. The van der Waals surface area contributed by atoms with E-state index in [2.05, 4.69) is 56.5 Å². The number of nitrogens with one attached hydrogen (secondary N) is 1. The zero-order valence-corrected chi connectivity index (χ0v) is 34.1. The summed E-state index contributed by atoms with van der Waals surface area (Å²) >= 11 is 0. The van der Waals surface area contributed by atoms with Gasteiger partial charge in [-0.1, -0.05) is 121 Å². The minimum atomic E-state index is -3.68. The highest BCUT2D eigenvalue weighted by atomic mass is 32.2. The molecule has 1 atom stereocenters. The van der Waals surface area contributed by atoms with Gasteiger partial charge in [0.05, 0.1) is 24.0 Å². The normalized spacial score (nSPS) is 13.1. The number of nitrogens with zero attached hydrogens (tertiary/aromatic N) is 5. The first-order chi connectivity index (χ1) is 27.7. The Kier molecular flexibility index (Phi) is 10.8. The van der Waals surface area contributed by atoms with Crippen molar-refractivity contribution in [2.75, 3.05) is 17.6 Å². The highest BCUT2D eigenvalue weighted by Crippen LogP contribution is 2.42. The zero-order valence-electron chi connectivity index (χ0n) is 33.3. The summed E-state index contributed by atoms with van der Waals surface area (Å²) in [5, 5.41) is 11.8. The van der Waals surface area contributed by atoms with Gasteiger partial charge in [-0.15, -0.1) is 10.2 Å². The molecule has 0 aliphatic rings. The van der Waals surface area contributed by atoms with Gasteiger partial charge >= 0.3 is 6.09 Å². The molecule has 0 saturated heterocycles. The third kappa shape index (κ3) is 8.28. The van der Waals surface area contributed by atoms with E-state index in [9.17, 15) is 13.2 Å². The van der Waals surface area contributed by atoms with Gasteiger partial charge in [-0.2, -0.15) is 0 Å². The van der Waals surface area contributed by atoms with Crippen LogP contribution in [0.4, 0.5) is 10.5 Å². The zero-order chi connectivity index (χ0) is 41.1. The molecule has 1 N–H and O–H groups in total. The molecular weight excluding hydrogens is 749 g/mol. The molecule has 0 spiro atoms. The molecule has 11 nitrogen and oxygen atoms in total. The van der Waals surface area contributed by atoms with Crippen LogP contribution in [0.15, 0.2) is 156 Å². The van der Waals surface area contributed by atoms with Crippen LogP contribution in [0.1, 0.15) is 55.8 Å². The van der Waals surface area contributed by atoms with Gasteiger partial charge < -0.3 is 19.0 Å². The van der Waals surface area contributed by atoms with Crippen molar-refractivity contribution in [2.24, 2.45) is 0 Å². The van der Waals surface area contributed by atoms with Crippen LogP contribution >= 0.6 is 0 Å². The van der Waals surface area contributed by atoms with E-state index in [0.717, 1.165) is 28.5 Å². The lowest BCUT2D eigenvalue weighted by molar-refractivity contribution is 0.0443. The second-order valence-corrected chi connectivity index (χ2v) is 17.5. The van der Waals surface area contributed by atoms with E-state index in [1.54, 1.807) is 46.2 Å². The SMILES string of the molecule is CN(c1cc(-c2cn(C(c3ccccc3)(c3ccccc3)c3ccccc3)cn2)cc(-c2nnc(C(C)(Cc3ccccc3)NC(=O)OC(C)(C)C)o2)c1)S(C)(=O)=O. The molecule has 0 radical (unpaired) electrons. The number of rotatable bonds is 12. The van der Waals surface area contributed by atoms with Crippen molar-refractivity contribution in [1.29, 1.82) is 0 Å². The third-order valence-corrected chi connectivity index (χ3v) is 11.1. The van der Waals surface area contributed by atoms with E-state index in [4.69, 9.17) is 14.1 Å². The van der Waals surface area contributed by atoms with Crippen LogP contribution in [0.25, 0.3) is 22.7 Å². The Hall–Kier alpha value is -6.53. The summed E-state index contributed by atoms with van der Waals surface area (Å²) in [4.78, 5) is 18.1. The average Bonchev–Trinajstić information content (AvgIpc) is 3.91. The fraction of sp³-hybridized carbons (Fsp3) is 0.217. The van der Waals surface area contributed by atoms with Crippen LogP contribution in [0, 0.1) is 0 Å². The topological polar surface area (TPSA) is 132 Å². The first-order valence-corrected chi connectivity index (χ1v) is 20.7. The largest absolute Gasteiger partial charge is 0.444 e. The summed E-state index contributed by atoms with van der Waals surface area (Å²) in [6.45, 7) is 7.17.